The SMILES string of the molecule is Cc1c(C(=O)N(C)C2CCNC2)nnn1-c1cccc([N+](=O)[O-])c1. The van der Waals surface area contributed by atoms with Crippen LogP contribution in [0.4, 0.5) is 5.69 Å². The number of hydrogen-bond donors (Lipinski definition) is 1. The van der Waals surface area contributed by atoms with Crippen LogP contribution >= 0.6 is 0 Å². The summed E-state index contributed by atoms with van der Waals surface area (Å²) in [6.07, 6.45) is 0.903. The summed E-state index contributed by atoms with van der Waals surface area (Å²) in [4.78, 5) is 24.8. The Balaban J connectivity index is 1.89. The summed E-state index contributed by atoms with van der Waals surface area (Å²) >= 11 is 0. The van der Waals surface area contributed by atoms with E-state index >= 15 is 0 Å². The first kappa shape index (κ1) is 16.1. The number of rotatable bonds is 4. The van der Waals surface area contributed by atoms with Gasteiger partial charge in [-0.15, -0.1) is 5.10 Å². The monoisotopic (exact) mass is 330 g/mol. The maximum absolute atomic E-state index is 12.6. The van der Waals surface area contributed by atoms with Gasteiger partial charge in [0.1, 0.15) is 0 Å². The van der Waals surface area contributed by atoms with Crippen molar-refractivity contribution in [2.24, 2.45) is 0 Å². The zero-order valence-electron chi connectivity index (χ0n) is 13.5. The lowest BCUT2D eigenvalue weighted by Gasteiger charge is -2.22. The number of carbonyl (C=O) groups is 1. The summed E-state index contributed by atoms with van der Waals surface area (Å²) in [5.74, 6) is -0.196. The van der Waals surface area contributed by atoms with Crippen LogP contribution in [0.3, 0.4) is 0 Å². The van der Waals surface area contributed by atoms with Crippen molar-refractivity contribution in [3.63, 3.8) is 0 Å². The van der Waals surface area contributed by atoms with Crippen molar-refractivity contribution in [3.8, 4) is 5.69 Å². The first-order valence-corrected chi connectivity index (χ1v) is 7.64. The lowest BCUT2D eigenvalue weighted by Crippen LogP contribution is -2.38. The molecule has 0 spiro atoms. The lowest BCUT2D eigenvalue weighted by molar-refractivity contribution is -0.384. The molecule has 1 amide bonds. The molecule has 0 bridgehead atoms. The number of non-ortho nitro benzene ring substituents is 1. The van der Waals surface area contributed by atoms with Gasteiger partial charge in [0.15, 0.2) is 5.69 Å². The number of nitrogens with one attached hydrogen (secondary N) is 1. The van der Waals surface area contributed by atoms with Crippen molar-refractivity contribution in [2.75, 3.05) is 20.1 Å². The van der Waals surface area contributed by atoms with Gasteiger partial charge in [0, 0.05) is 31.8 Å². The van der Waals surface area contributed by atoms with E-state index in [0.717, 1.165) is 19.5 Å². The van der Waals surface area contributed by atoms with Gasteiger partial charge in [0.25, 0.3) is 11.6 Å². The van der Waals surface area contributed by atoms with Crippen molar-refractivity contribution in [3.05, 3.63) is 45.8 Å². The molecule has 1 aliphatic rings. The predicted octanol–water partition coefficient (Wildman–Crippen LogP) is 0.918. The summed E-state index contributed by atoms with van der Waals surface area (Å²) in [5, 5.41) is 22.1. The van der Waals surface area contributed by atoms with E-state index in [0.29, 0.717) is 11.4 Å². The van der Waals surface area contributed by atoms with Gasteiger partial charge in [-0.05, 0) is 26.0 Å². The quantitative estimate of drug-likeness (QED) is 0.660. The minimum absolute atomic E-state index is 0.0376. The third kappa shape index (κ3) is 2.85. The van der Waals surface area contributed by atoms with E-state index in [-0.39, 0.29) is 23.3 Å². The van der Waals surface area contributed by atoms with E-state index in [4.69, 9.17) is 0 Å². The van der Waals surface area contributed by atoms with Gasteiger partial charge in [-0.2, -0.15) is 0 Å². The third-order valence-corrected chi connectivity index (χ3v) is 4.28. The molecule has 3 rings (SSSR count). The lowest BCUT2D eigenvalue weighted by atomic mass is 10.2. The number of benzene rings is 1. The molecule has 0 saturated carbocycles. The number of aromatic nitrogens is 3. The molecule has 9 heteroatoms. The van der Waals surface area contributed by atoms with Gasteiger partial charge in [-0.1, -0.05) is 11.3 Å². The van der Waals surface area contributed by atoms with E-state index in [1.165, 1.54) is 16.8 Å². The Kier molecular flexibility index (Phi) is 4.26. The van der Waals surface area contributed by atoms with Gasteiger partial charge in [0.2, 0.25) is 0 Å². The zero-order valence-corrected chi connectivity index (χ0v) is 13.5. The van der Waals surface area contributed by atoms with Crippen molar-refractivity contribution < 1.29 is 9.72 Å². The smallest absolute Gasteiger partial charge is 0.276 e. The van der Waals surface area contributed by atoms with E-state index in [9.17, 15) is 14.9 Å². The summed E-state index contributed by atoms with van der Waals surface area (Å²) in [6, 6.07) is 6.21. The van der Waals surface area contributed by atoms with Gasteiger partial charge in [0.05, 0.1) is 16.3 Å². The average molecular weight is 330 g/mol. The molecule has 1 saturated heterocycles. The first-order valence-electron chi connectivity index (χ1n) is 7.64. The molecule has 2 aromatic rings. The van der Waals surface area contributed by atoms with E-state index in [2.05, 4.69) is 15.6 Å². The Bertz CT molecular complexity index is 781. The minimum atomic E-state index is -0.470. The maximum atomic E-state index is 12.6. The maximum Gasteiger partial charge on any atom is 0.276 e. The Morgan fingerprint density at radius 3 is 2.96 bits per heavy atom. The molecule has 1 unspecified atom stereocenters. The Morgan fingerprint density at radius 2 is 2.29 bits per heavy atom. The van der Waals surface area contributed by atoms with Crippen LogP contribution in [-0.4, -0.2) is 56.9 Å². The number of nitro benzene ring substituents is 1. The molecule has 1 atom stereocenters. The van der Waals surface area contributed by atoms with Gasteiger partial charge in [-0.3, -0.25) is 14.9 Å². The predicted molar refractivity (Wildman–Crippen MR) is 86.1 cm³/mol. The molecule has 1 aromatic heterocycles. The minimum Gasteiger partial charge on any atom is -0.336 e. The average Bonchev–Trinajstić information content (AvgIpc) is 3.23. The van der Waals surface area contributed by atoms with Crippen molar-refractivity contribution in [1.82, 2.24) is 25.2 Å². The normalized spacial score (nSPS) is 17.0. The van der Waals surface area contributed by atoms with Crippen molar-refractivity contribution in [1.29, 1.82) is 0 Å². The Labute approximate surface area is 138 Å². The molecule has 2 heterocycles. The van der Waals surface area contributed by atoms with E-state index in [1.54, 1.807) is 31.0 Å². The summed E-state index contributed by atoms with van der Waals surface area (Å²) in [5.41, 5.74) is 1.28. The molecule has 1 aromatic carbocycles. The van der Waals surface area contributed by atoms with Gasteiger partial charge < -0.3 is 10.2 Å². The molecule has 0 aliphatic carbocycles. The molecule has 1 fully saturated rings. The van der Waals surface area contributed by atoms with Crippen LogP contribution in [0.1, 0.15) is 22.6 Å². The zero-order chi connectivity index (χ0) is 17.3. The molecule has 126 valence electrons. The van der Waals surface area contributed by atoms with Crippen LogP contribution in [-0.2, 0) is 0 Å². The largest absolute Gasteiger partial charge is 0.336 e. The molecule has 0 radical (unpaired) electrons. The van der Waals surface area contributed by atoms with Crippen LogP contribution < -0.4 is 5.32 Å². The number of nitro groups is 1. The van der Waals surface area contributed by atoms with Crippen molar-refractivity contribution >= 4 is 11.6 Å². The highest BCUT2D eigenvalue weighted by molar-refractivity contribution is 5.93. The standard InChI is InChI=1S/C15H18N6O3/c1-10-14(15(22)19(2)13-6-7-16-9-13)17-18-20(10)11-4-3-5-12(8-11)21(23)24/h3-5,8,13,16H,6-7,9H2,1-2H3. The second kappa shape index (κ2) is 6.36. The number of nitrogens with zero attached hydrogens (tertiary/aromatic N) is 5. The van der Waals surface area contributed by atoms with Gasteiger partial charge >= 0.3 is 0 Å². The second-order valence-electron chi connectivity index (χ2n) is 5.77. The van der Waals surface area contributed by atoms with E-state index < -0.39 is 4.92 Å². The van der Waals surface area contributed by atoms with Crippen LogP contribution in [0, 0.1) is 17.0 Å². The fourth-order valence-electron chi connectivity index (χ4n) is 2.81. The van der Waals surface area contributed by atoms with Crippen LogP contribution in [0.15, 0.2) is 24.3 Å². The van der Waals surface area contributed by atoms with Crippen molar-refractivity contribution in [2.45, 2.75) is 19.4 Å². The highest BCUT2D eigenvalue weighted by Crippen LogP contribution is 2.19. The fourth-order valence-corrected chi connectivity index (χ4v) is 2.81. The second-order valence-corrected chi connectivity index (χ2v) is 5.77. The number of likely N-dealkylation sites (N-methyl/N-ethyl adjacent to an activating group) is 1. The van der Waals surface area contributed by atoms with Crippen LogP contribution in [0.5, 0.6) is 0 Å². The summed E-state index contributed by atoms with van der Waals surface area (Å²) in [6.45, 7) is 3.38. The highest BCUT2D eigenvalue weighted by Gasteiger charge is 2.27. The highest BCUT2D eigenvalue weighted by atomic mass is 16.6. The Hall–Kier alpha value is -2.81. The number of amides is 1. The molecular formula is C15H18N6O3. The molecule has 24 heavy (non-hydrogen) atoms. The molecule has 1 aliphatic heterocycles. The van der Waals surface area contributed by atoms with Crippen LogP contribution in [0.2, 0.25) is 0 Å². The van der Waals surface area contributed by atoms with E-state index in [1.807, 2.05) is 0 Å². The molecule has 9 nitrogen and oxygen atoms in total. The fraction of sp³-hybridized carbons (Fsp3) is 0.400. The third-order valence-electron chi connectivity index (χ3n) is 4.28. The number of carbonyl (C=O) groups excluding carboxylic acids is 1. The summed E-state index contributed by atoms with van der Waals surface area (Å²) in [7, 11) is 1.76. The molecular weight excluding hydrogens is 312 g/mol. The van der Waals surface area contributed by atoms with Crippen LogP contribution in [0.25, 0.3) is 5.69 Å². The first-order chi connectivity index (χ1) is 11.5. The topological polar surface area (TPSA) is 106 Å². The molecule has 1 N–H and O–H groups in total. The van der Waals surface area contributed by atoms with Gasteiger partial charge in [-0.25, -0.2) is 4.68 Å². The number of hydrogen-bond acceptors (Lipinski definition) is 6. The summed E-state index contributed by atoms with van der Waals surface area (Å²) < 4.78 is 1.45. The Morgan fingerprint density at radius 1 is 1.50 bits per heavy atom.